The van der Waals surface area contributed by atoms with E-state index in [0.717, 1.165) is 17.3 Å². The molecule has 2 N–H and O–H groups in total. The van der Waals surface area contributed by atoms with Gasteiger partial charge < -0.3 is 5.73 Å². The highest BCUT2D eigenvalue weighted by molar-refractivity contribution is 6.30. The van der Waals surface area contributed by atoms with Crippen LogP contribution >= 0.6 is 11.6 Å². The number of nitrogens with zero attached hydrogens (tertiary/aromatic N) is 3. The highest BCUT2D eigenvalue weighted by Crippen LogP contribution is 2.22. The van der Waals surface area contributed by atoms with Crippen molar-refractivity contribution in [3.63, 3.8) is 0 Å². The average Bonchev–Trinajstić information content (AvgIpc) is 2.64. The number of anilines is 1. The highest BCUT2D eigenvalue weighted by Gasteiger charge is 2.17. The van der Waals surface area contributed by atoms with Crippen LogP contribution in [0.25, 0.3) is 0 Å². The van der Waals surface area contributed by atoms with Crippen molar-refractivity contribution in [3.8, 4) is 0 Å². The summed E-state index contributed by atoms with van der Waals surface area (Å²) in [6, 6.07) is 5.44. The molecule has 1 heterocycles. The second-order valence-electron chi connectivity index (χ2n) is 3.90. The molecule has 0 aliphatic carbocycles. The first kappa shape index (κ1) is 12.4. The number of hydrogen-bond acceptors (Lipinski definition) is 4. The summed E-state index contributed by atoms with van der Waals surface area (Å²) in [5.41, 5.74) is 7.43. The quantitative estimate of drug-likeness (QED) is 0.682. The predicted octanol–water partition coefficient (Wildman–Crippen LogP) is 2.38. The van der Waals surface area contributed by atoms with E-state index in [1.54, 1.807) is 6.07 Å². The van der Waals surface area contributed by atoms with Gasteiger partial charge in [-0.15, -0.1) is 0 Å². The van der Waals surface area contributed by atoms with E-state index in [2.05, 4.69) is 5.10 Å². The largest absolute Gasteiger partial charge is 0.378 e. The van der Waals surface area contributed by atoms with E-state index < -0.39 is 4.92 Å². The molecule has 0 aliphatic rings. The summed E-state index contributed by atoms with van der Waals surface area (Å²) in [5.74, 6) is 0.0503. The van der Waals surface area contributed by atoms with Crippen LogP contribution in [0.3, 0.4) is 0 Å². The van der Waals surface area contributed by atoms with Gasteiger partial charge >= 0.3 is 5.69 Å². The van der Waals surface area contributed by atoms with E-state index in [9.17, 15) is 10.1 Å². The molecule has 94 valence electrons. The lowest BCUT2D eigenvalue weighted by Crippen LogP contribution is -2.07. The normalized spacial score (nSPS) is 10.6. The van der Waals surface area contributed by atoms with Crippen molar-refractivity contribution in [1.29, 1.82) is 0 Å². The van der Waals surface area contributed by atoms with Crippen LogP contribution in [0.4, 0.5) is 11.5 Å². The molecule has 7 heteroatoms. The molecule has 0 bridgehead atoms. The van der Waals surface area contributed by atoms with E-state index in [0.29, 0.717) is 11.6 Å². The number of halogens is 1. The maximum Gasteiger partial charge on any atom is 0.330 e. The Bertz CT molecular complexity index is 609. The minimum atomic E-state index is -0.548. The Morgan fingerprint density at radius 1 is 1.56 bits per heavy atom. The number of nitro groups is 1. The zero-order chi connectivity index (χ0) is 13.3. The van der Waals surface area contributed by atoms with Crippen molar-refractivity contribution in [3.05, 3.63) is 50.7 Å². The number of rotatable bonds is 3. The number of aromatic nitrogens is 2. The van der Waals surface area contributed by atoms with Crippen LogP contribution in [0.5, 0.6) is 0 Å². The van der Waals surface area contributed by atoms with Gasteiger partial charge in [-0.3, -0.25) is 10.1 Å². The van der Waals surface area contributed by atoms with Crippen LogP contribution in [0.15, 0.2) is 24.4 Å². The molecule has 0 saturated carbocycles. The Hall–Kier alpha value is -2.08. The van der Waals surface area contributed by atoms with Crippen LogP contribution in [0.2, 0.25) is 5.02 Å². The van der Waals surface area contributed by atoms with Gasteiger partial charge in [0.15, 0.2) is 0 Å². The Kier molecular flexibility index (Phi) is 3.20. The molecule has 0 amide bonds. The molecule has 0 spiro atoms. The fourth-order valence-corrected chi connectivity index (χ4v) is 1.88. The van der Waals surface area contributed by atoms with Crippen molar-refractivity contribution >= 4 is 23.1 Å². The Morgan fingerprint density at radius 2 is 2.28 bits per heavy atom. The van der Waals surface area contributed by atoms with Gasteiger partial charge in [-0.2, -0.15) is 5.10 Å². The van der Waals surface area contributed by atoms with E-state index >= 15 is 0 Å². The van der Waals surface area contributed by atoms with Crippen LogP contribution in [-0.2, 0) is 6.54 Å². The predicted molar refractivity (Wildman–Crippen MR) is 68.6 cm³/mol. The van der Waals surface area contributed by atoms with Gasteiger partial charge in [-0.05, 0) is 30.2 Å². The molecule has 0 fully saturated rings. The summed E-state index contributed by atoms with van der Waals surface area (Å²) < 4.78 is 1.40. The lowest BCUT2D eigenvalue weighted by Gasteiger charge is -2.07. The first-order chi connectivity index (χ1) is 8.49. The molecule has 0 saturated heterocycles. The summed E-state index contributed by atoms with van der Waals surface area (Å²) in [6.45, 7) is 2.29. The van der Waals surface area contributed by atoms with E-state index in [1.807, 2.05) is 19.1 Å². The van der Waals surface area contributed by atoms with Gasteiger partial charge in [0.2, 0.25) is 5.82 Å². The van der Waals surface area contributed by atoms with Crippen LogP contribution in [-0.4, -0.2) is 14.7 Å². The molecule has 6 nitrogen and oxygen atoms in total. The number of aryl methyl sites for hydroxylation is 1. The van der Waals surface area contributed by atoms with Crippen molar-refractivity contribution in [2.24, 2.45) is 0 Å². The number of hydrogen-bond donors (Lipinski definition) is 1. The summed E-state index contributed by atoms with van der Waals surface area (Å²) in [6.07, 6.45) is 1.15. The van der Waals surface area contributed by atoms with Crippen LogP contribution in [0, 0.1) is 17.0 Å². The molecular weight excluding hydrogens is 256 g/mol. The van der Waals surface area contributed by atoms with Crippen molar-refractivity contribution < 1.29 is 4.92 Å². The molecule has 0 unspecified atom stereocenters. The number of nitrogens with two attached hydrogens (primary N) is 1. The molecule has 1 aromatic carbocycles. The topological polar surface area (TPSA) is 87.0 Å². The van der Waals surface area contributed by atoms with Gasteiger partial charge in [0, 0.05) is 5.02 Å². The maximum atomic E-state index is 10.7. The van der Waals surface area contributed by atoms with Gasteiger partial charge in [0.1, 0.15) is 6.20 Å². The van der Waals surface area contributed by atoms with E-state index in [1.165, 1.54) is 4.68 Å². The Labute approximate surface area is 108 Å². The fraction of sp³-hybridized carbons (Fsp3) is 0.182. The minimum absolute atomic E-state index is 0.0503. The Balaban J connectivity index is 2.32. The summed E-state index contributed by atoms with van der Waals surface area (Å²) in [7, 11) is 0. The van der Waals surface area contributed by atoms with E-state index in [-0.39, 0.29) is 11.5 Å². The maximum absolute atomic E-state index is 10.7. The zero-order valence-electron chi connectivity index (χ0n) is 9.63. The number of nitrogen functional groups attached to an aromatic ring is 1. The standard InChI is InChI=1S/C11H11ClN4O2/c1-7-4-9(12)3-2-8(7)6-15-11(13)10(5-14-15)16(17)18/h2-5H,6,13H2,1H3. The molecule has 0 atom stereocenters. The zero-order valence-corrected chi connectivity index (χ0v) is 10.4. The molecule has 0 radical (unpaired) electrons. The third kappa shape index (κ3) is 2.28. The van der Waals surface area contributed by atoms with Gasteiger partial charge in [0.05, 0.1) is 11.5 Å². The molecule has 2 aromatic rings. The third-order valence-electron chi connectivity index (χ3n) is 2.68. The van der Waals surface area contributed by atoms with Gasteiger partial charge in [0.25, 0.3) is 0 Å². The molecule has 0 aliphatic heterocycles. The molecule has 1 aromatic heterocycles. The first-order valence-corrected chi connectivity index (χ1v) is 5.57. The van der Waals surface area contributed by atoms with E-state index in [4.69, 9.17) is 17.3 Å². The molecular formula is C11H11ClN4O2. The lowest BCUT2D eigenvalue weighted by molar-refractivity contribution is -0.384. The smallest absolute Gasteiger partial charge is 0.330 e. The summed E-state index contributed by atoms with van der Waals surface area (Å²) in [5, 5.41) is 15.2. The van der Waals surface area contributed by atoms with Crippen molar-refractivity contribution in [2.75, 3.05) is 5.73 Å². The first-order valence-electron chi connectivity index (χ1n) is 5.19. The fourth-order valence-electron chi connectivity index (χ4n) is 1.65. The van der Waals surface area contributed by atoms with Gasteiger partial charge in [-0.1, -0.05) is 17.7 Å². The second kappa shape index (κ2) is 4.66. The molecule has 18 heavy (non-hydrogen) atoms. The Morgan fingerprint density at radius 3 is 2.83 bits per heavy atom. The van der Waals surface area contributed by atoms with Crippen molar-refractivity contribution in [1.82, 2.24) is 9.78 Å². The summed E-state index contributed by atoms with van der Waals surface area (Å²) >= 11 is 5.86. The highest BCUT2D eigenvalue weighted by atomic mass is 35.5. The van der Waals surface area contributed by atoms with Crippen LogP contribution < -0.4 is 5.73 Å². The average molecular weight is 267 g/mol. The lowest BCUT2D eigenvalue weighted by atomic mass is 10.1. The second-order valence-corrected chi connectivity index (χ2v) is 4.34. The monoisotopic (exact) mass is 266 g/mol. The van der Waals surface area contributed by atoms with Crippen molar-refractivity contribution in [2.45, 2.75) is 13.5 Å². The molecule has 2 rings (SSSR count). The minimum Gasteiger partial charge on any atom is -0.378 e. The van der Waals surface area contributed by atoms with Crippen LogP contribution in [0.1, 0.15) is 11.1 Å². The third-order valence-corrected chi connectivity index (χ3v) is 2.92. The summed E-state index contributed by atoms with van der Waals surface area (Å²) in [4.78, 5) is 10.1. The number of benzene rings is 1. The SMILES string of the molecule is Cc1cc(Cl)ccc1Cn1ncc([N+](=O)[O-])c1N. The van der Waals surface area contributed by atoms with Gasteiger partial charge in [-0.25, -0.2) is 4.68 Å².